The molecule has 1 aromatic carbocycles. The quantitative estimate of drug-likeness (QED) is 0.841. The third kappa shape index (κ3) is 3.06. The van der Waals surface area contributed by atoms with Gasteiger partial charge in [0.25, 0.3) is 0 Å². The summed E-state index contributed by atoms with van der Waals surface area (Å²) in [4.78, 5) is 16.9. The second-order valence-electron chi connectivity index (χ2n) is 6.99. The Morgan fingerprint density at radius 1 is 1.25 bits per heavy atom. The number of rotatable bonds is 2. The van der Waals surface area contributed by atoms with E-state index in [1.807, 2.05) is 30.0 Å². The summed E-state index contributed by atoms with van der Waals surface area (Å²) in [6, 6.07) is 8.06. The first-order valence-electron chi connectivity index (χ1n) is 8.36. The molecule has 6 heteroatoms. The Labute approximate surface area is 146 Å². The summed E-state index contributed by atoms with van der Waals surface area (Å²) in [7, 11) is 0. The molecule has 1 amide bonds. The van der Waals surface area contributed by atoms with E-state index in [-0.39, 0.29) is 6.03 Å². The minimum absolute atomic E-state index is 0.00103. The highest BCUT2D eigenvalue weighted by Gasteiger charge is 2.41. The first-order chi connectivity index (χ1) is 11.6. The van der Waals surface area contributed by atoms with Crippen molar-refractivity contribution in [1.29, 1.82) is 0 Å². The van der Waals surface area contributed by atoms with Crippen molar-refractivity contribution in [2.24, 2.45) is 11.8 Å². The van der Waals surface area contributed by atoms with Crippen LogP contribution in [0.4, 0.5) is 4.79 Å². The molecular weight excluding hydrogens is 324 g/mol. The molecule has 0 N–H and O–H groups in total. The Morgan fingerprint density at radius 3 is 2.62 bits per heavy atom. The van der Waals surface area contributed by atoms with Crippen LogP contribution < -0.4 is 0 Å². The fraction of sp³-hybridized carbons (Fsp3) is 0.444. The lowest BCUT2D eigenvalue weighted by atomic mass is 10.0. The molecular formula is C18H21ClN4O. The normalized spacial score (nSPS) is 23.7. The van der Waals surface area contributed by atoms with Crippen molar-refractivity contribution in [3.8, 4) is 0 Å². The maximum absolute atomic E-state index is 12.5. The molecule has 2 fully saturated rings. The standard InChI is InChI=1S/C18H21ClN4O/c1-13-6-20-23(7-13)18(24)22-11-15-9-21(10-16(15)12-22)8-14-3-2-4-17(19)5-14/h2-7,15-16H,8-12H2,1H3. The van der Waals surface area contributed by atoms with E-state index in [2.05, 4.69) is 16.1 Å². The molecule has 2 unspecified atom stereocenters. The zero-order chi connectivity index (χ0) is 16.7. The van der Waals surface area contributed by atoms with Crippen LogP contribution in [-0.2, 0) is 6.54 Å². The minimum Gasteiger partial charge on any atom is -0.322 e. The van der Waals surface area contributed by atoms with Gasteiger partial charge >= 0.3 is 6.03 Å². The second kappa shape index (κ2) is 6.22. The van der Waals surface area contributed by atoms with Gasteiger partial charge in [-0.2, -0.15) is 9.78 Å². The molecule has 0 aliphatic carbocycles. The molecule has 0 spiro atoms. The molecule has 3 heterocycles. The largest absolute Gasteiger partial charge is 0.344 e. The second-order valence-corrected chi connectivity index (χ2v) is 7.43. The average Bonchev–Trinajstić information content (AvgIpc) is 3.21. The number of aromatic nitrogens is 2. The number of aryl methyl sites for hydroxylation is 1. The molecule has 0 saturated carbocycles. The van der Waals surface area contributed by atoms with Crippen molar-refractivity contribution in [3.63, 3.8) is 0 Å². The van der Waals surface area contributed by atoms with Crippen LogP contribution >= 0.6 is 11.6 Å². The van der Waals surface area contributed by atoms with Gasteiger partial charge in [0.15, 0.2) is 0 Å². The molecule has 0 bridgehead atoms. The van der Waals surface area contributed by atoms with Crippen molar-refractivity contribution in [3.05, 3.63) is 52.8 Å². The Balaban J connectivity index is 1.36. The van der Waals surface area contributed by atoms with Crippen molar-refractivity contribution in [2.75, 3.05) is 26.2 Å². The summed E-state index contributed by atoms with van der Waals surface area (Å²) < 4.78 is 1.46. The number of hydrogen-bond acceptors (Lipinski definition) is 3. The van der Waals surface area contributed by atoms with Crippen LogP contribution in [0, 0.1) is 18.8 Å². The average molecular weight is 345 g/mol. The number of fused-ring (bicyclic) bond motifs is 1. The fourth-order valence-corrected chi connectivity index (χ4v) is 4.14. The Hall–Kier alpha value is -1.85. The summed E-state index contributed by atoms with van der Waals surface area (Å²) in [6.07, 6.45) is 3.52. The lowest BCUT2D eigenvalue weighted by molar-refractivity contribution is 0.197. The van der Waals surface area contributed by atoms with Crippen molar-refractivity contribution in [2.45, 2.75) is 13.5 Å². The zero-order valence-electron chi connectivity index (χ0n) is 13.7. The number of carbonyl (C=O) groups is 1. The third-order valence-corrected chi connectivity index (χ3v) is 5.27. The summed E-state index contributed by atoms with van der Waals surface area (Å²) in [5.74, 6) is 1.12. The summed E-state index contributed by atoms with van der Waals surface area (Å²) in [5.41, 5.74) is 2.26. The number of likely N-dealkylation sites (tertiary alicyclic amines) is 2. The van der Waals surface area contributed by atoms with Gasteiger partial charge in [0.2, 0.25) is 0 Å². The zero-order valence-corrected chi connectivity index (χ0v) is 14.5. The molecule has 126 valence electrons. The van der Waals surface area contributed by atoms with Gasteiger partial charge in [-0.1, -0.05) is 23.7 Å². The van der Waals surface area contributed by atoms with E-state index >= 15 is 0 Å². The van der Waals surface area contributed by atoms with Gasteiger partial charge < -0.3 is 4.90 Å². The van der Waals surface area contributed by atoms with Crippen molar-refractivity contribution < 1.29 is 4.79 Å². The number of amides is 1. The van der Waals surface area contributed by atoms with Crippen LogP contribution in [0.3, 0.4) is 0 Å². The molecule has 2 atom stereocenters. The topological polar surface area (TPSA) is 41.4 Å². The Bertz CT molecular complexity index is 745. The van der Waals surface area contributed by atoms with Crippen LogP contribution in [0.25, 0.3) is 0 Å². The number of hydrogen-bond donors (Lipinski definition) is 0. The van der Waals surface area contributed by atoms with Crippen LogP contribution in [0.1, 0.15) is 11.1 Å². The van der Waals surface area contributed by atoms with E-state index in [0.717, 1.165) is 43.3 Å². The highest BCUT2D eigenvalue weighted by Crippen LogP contribution is 2.32. The van der Waals surface area contributed by atoms with Gasteiger partial charge in [-0.15, -0.1) is 0 Å². The summed E-state index contributed by atoms with van der Waals surface area (Å²) in [6.45, 7) is 6.62. The molecule has 1 aromatic heterocycles. The van der Waals surface area contributed by atoms with E-state index in [9.17, 15) is 4.79 Å². The summed E-state index contributed by atoms with van der Waals surface area (Å²) in [5, 5.41) is 4.93. The van der Waals surface area contributed by atoms with Crippen LogP contribution in [0.2, 0.25) is 5.02 Å². The molecule has 2 saturated heterocycles. The number of carbonyl (C=O) groups excluding carboxylic acids is 1. The third-order valence-electron chi connectivity index (χ3n) is 5.04. The van der Waals surface area contributed by atoms with Gasteiger partial charge in [-0.3, -0.25) is 4.90 Å². The minimum atomic E-state index is -0.00103. The molecule has 24 heavy (non-hydrogen) atoms. The SMILES string of the molecule is Cc1cnn(C(=O)N2CC3CN(Cc4cccc(Cl)c4)CC3C2)c1. The smallest absolute Gasteiger partial charge is 0.322 e. The van der Waals surface area contributed by atoms with Gasteiger partial charge in [-0.05, 0) is 42.0 Å². The first kappa shape index (κ1) is 15.7. The Kier molecular flexibility index (Phi) is 4.06. The van der Waals surface area contributed by atoms with E-state index in [0.29, 0.717) is 11.8 Å². The van der Waals surface area contributed by atoms with Crippen molar-refractivity contribution in [1.82, 2.24) is 19.6 Å². The predicted octanol–water partition coefficient (Wildman–Crippen LogP) is 2.88. The van der Waals surface area contributed by atoms with E-state index in [1.54, 1.807) is 12.4 Å². The Morgan fingerprint density at radius 2 is 2.00 bits per heavy atom. The number of nitrogens with zero attached hydrogens (tertiary/aromatic N) is 4. The molecule has 2 aromatic rings. The summed E-state index contributed by atoms with van der Waals surface area (Å²) >= 11 is 6.07. The van der Waals surface area contributed by atoms with Gasteiger partial charge in [0.1, 0.15) is 0 Å². The van der Waals surface area contributed by atoms with Crippen LogP contribution in [0.5, 0.6) is 0 Å². The van der Waals surface area contributed by atoms with Gasteiger partial charge in [-0.25, -0.2) is 4.79 Å². The molecule has 2 aliphatic rings. The molecule has 4 rings (SSSR count). The highest BCUT2D eigenvalue weighted by atomic mass is 35.5. The van der Waals surface area contributed by atoms with Crippen molar-refractivity contribution >= 4 is 17.6 Å². The fourth-order valence-electron chi connectivity index (χ4n) is 3.93. The predicted molar refractivity (Wildman–Crippen MR) is 93.0 cm³/mol. The number of halogens is 1. The number of benzene rings is 1. The lowest BCUT2D eigenvalue weighted by Crippen LogP contribution is -2.36. The maximum atomic E-state index is 12.5. The molecule has 2 aliphatic heterocycles. The first-order valence-corrected chi connectivity index (χ1v) is 8.73. The monoisotopic (exact) mass is 344 g/mol. The highest BCUT2D eigenvalue weighted by molar-refractivity contribution is 6.30. The van der Waals surface area contributed by atoms with E-state index in [1.165, 1.54) is 10.2 Å². The van der Waals surface area contributed by atoms with Gasteiger partial charge in [0, 0.05) is 43.9 Å². The maximum Gasteiger partial charge on any atom is 0.344 e. The molecule has 5 nitrogen and oxygen atoms in total. The lowest BCUT2D eigenvalue weighted by Gasteiger charge is -2.21. The van der Waals surface area contributed by atoms with Crippen LogP contribution in [-0.4, -0.2) is 51.8 Å². The molecule has 0 radical (unpaired) electrons. The van der Waals surface area contributed by atoms with Crippen LogP contribution in [0.15, 0.2) is 36.7 Å². The van der Waals surface area contributed by atoms with Gasteiger partial charge in [0.05, 0.1) is 6.20 Å². The van der Waals surface area contributed by atoms with E-state index < -0.39 is 0 Å². The van der Waals surface area contributed by atoms with E-state index in [4.69, 9.17) is 11.6 Å².